The molecule has 0 bridgehead atoms. The van der Waals surface area contributed by atoms with E-state index in [0.717, 1.165) is 38.0 Å². The molecule has 24 heavy (non-hydrogen) atoms. The predicted molar refractivity (Wildman–Crippen MR) is 91.0 cm³/mol. The minimum absolute atomic E-state index is 0.101. The third kappa shape index (κ3) is 3.62. The number of benzene rings is 1. The molecule has 4 nitrogen and oxygen atoms in total. The lowest BCUT2D eigenvalue weighted by atomic mass is 9.87. The topological polar surface area (TPSA) is 32.8 Å². The number of ether oxygens (including phenoxy) is 1. The quantitative estimate of drug-likeness (QED) is 0.852. The van der Waals surface area contributed by atoms with Gasteiger partial charge in [0.2, 0.25) is 0 Å². The maximum absolute atomic E-state index is 13.0. The summed E-state index contributed by atoms with van der Waals surface area (Å²) in [6, 6.07) is 6.92. The average molecular weight is 334 g/mol. The van der Waals surface area contributed by atoms with E-state index in [4.69, 9.17) is 4.74 Å². The highest BCUT2D eigenvalue weighted by Crippen LogP contribution is 2.34. The van der Waals surface area contributed by atoms with E-state index in [0.29, 0.717) is 6.54 Å². The van der Waals surface area contributed by atoms with Crippen molar-refractivity contribution in [1.29, 1.82) is 0 Å². The van der Waals surface area contributed by atoms with E-state index in [1.165, 1.54) is 12.1 Å². The number of nitrogens with zero attached hydrogens (tertiary/aromatic N) is 2. The zero-order chi connectivity index (χ0) is 17.3. The largest absolute Gasteiger partial charge is 0.360 e. The van der Waals surface area contributed by atoms with Crippen LogP contribution >= 0.6 is 0 Å². The molecule has 1 unspecified atom stereocenters. The van der Waals surface area contributed by atoms with Gasteiger partial charge in [-0.15, -0.1) is 0 Å². The van der Waals surface area contributed by atoms with Crippen LogP contribution in [0.5, 0.6) is 0 Å². The van der Waals surface area contributed by atoms with E-state index < -0.39 is 0 Å². The number of likely N-dealkylation sites (tertiary alicyclic amines) is 1. The molecule has 2 aliphatic heterocycles. The fourth-order valence-corrected chi connectivity index (χ4v) is 3.76. The Morgan fingerprint density at radius 1 is 1.25 bits per heavy atom. The first-order valence-corrected chi connectivity index (χ1v) is 8.84. The third-order valence-electron chi connectivity index (χ3n) is 5.23. The van der Waals surface area contributed by atoms with Gasteiger partial charge >= 0.3 is 0 Å². The van der Waals surface area contributed by atoms with Crippen molar-refractivity contribution in [3.63, 3.8) is 0 Å². The molecular formula is C19H27FN2O2. The van der Waals surface area contributed by atoms with Crippen molar-refractivity contribution < 1.29 is 13.9 Å². The molecule has 0 N–H and O–H groups in total. The zero-order valence-corrected chi connectivity index (χ0v) is 14.8. The summed E-state index contributed by atoms with van der Waals surface area (Å²) in [7, 11) is 0. The zero-order valence-electron chi connectivity index (χ0n) is 14.8. The van der Waals surface area contributed by atoms with E-state index in [1.807, 2.05) is 24.0 Å². The maximum atomic E-state index is 13.0. The van der Waals surface area contributed by atoms with Crippen molar-refractivity contribution in [2.75, 3.05) is 19.6 Å². The predicted octanol–water partition coefficient (Wildman–Crippen LogP) is 2.82. The van der Waals surface area contributed by atoms with Gasteiger partial charge in [-0.25, -0.2) is 4.39 Å². The second-order valence-electron chi connectivity index (χ2n) is 7.41. The summed E-state index contributed by atoms with van der Waals surface area (Å²) in [6.45, 7) is 9.38. The number of amides is 1. The lowest BCUT2D eigenvalue weighted by Crippen LogP contribution is -2.62. The van der Waals surface area contributed by atoms with Crippen LogP contribution in [0.2, 0.25) is 0 Å². The van der Waals surface area contributed by atoms with Crippen LogP contribution in [0.4, 0.5) is 4.39 Å². The maximum Gasteiger partial charge on any atom is 0.251 e. The summed E-state index contributed by atoms with van der Waals surface area (Å²) < 4.78 is 19.2. The smallest absolute Gasteiger partial charge is 0.251 e. The van der Waals surface area contributed by atoms with E-state index in [1.54, 1.807) is 0 Å². The van der Waals surface area contributed by atoms with Crippen molar-refractivity contribution in [2.24, 2.45) is 0 Å². The molecule has 5 heteroatoms. The molecule has 2 heterocycles. The summed E-state index contributed by atoms with van der Waals surface area (Å²) in [4.78, 5) is 16.6. The number of carbonyl (C=O) groups is 1. The summed E-state index contributed by atoms with van der Waals surface area (Å²) >= 11 is 0. The Balaban J connectivity index is 1.61. The molecule has 1 aromatic rings. The number of hydrogen-bond acceptors (Lipinski definition) is 3. The second-order valence-corrected chi connectivity index (χ2v) is 7.41. The minimum atomic E-state index is -0.357. The monoisotopic (exact) mass is 334 g/mol. The lowest BCUT2D eigenvalue weighted by Gasteiger charge is -2.50. The highest BCUT2D eigenvalue weighted by Gasteiger charge is 2.45. The molecule has 1 spiro atoms. The van der Waals surface area contributed by atoms with E-state index >= 15 is 0 Å². The van der Waals surface area contributed by atoms with Crippen molar-refractivity contribution >= 4 is 5.91 Å². The standard InChI is InChI=1S/C19H27FN2O2/c1-14(2)22-13-19(24-15(3)18(22)23)8-10-21(11-9-19)12-16-4-6-17(20)7-5-16/h4-7,14-15H,8-13H2,1-3H3. The van der Waals surface area contributed by atoms with E-state index in [-0.39, 0.29) is 29.5 Å². The van der Waals surface area contributed by atoms with Gasteiger partial charge in [-0.3, -0.25) is 9.69 Å². The fraction of sp³-hybridized carbons (Fsp3) is 0.632. The minimum Gasteiger partial charge on any atom is -0.360 e. The SMILES string of the molecule is CC1OC2(CCN(Cc3ccc(F)cc3)CC2)CN(C(C)C)C1=O. The van der Waals surface area contributed by atoms with Crippen LogP contribution in [-0.2, 0) is 16.1 Å². The fourth-order valence-electron chi connectivity index (χ4n) is 3.76. The molecule has 0 aliphatic carbocycles. The van der Waals surface area contributed by atoms with Crippen molar-refractivity contribution in [1.82, 2.24) is 9.80 Å². The van der Waals surface area contributed by atoms with Gasteiger partial charge in [-0.2, -0.15) is 0 Å². The molecule has 1 aromatic carbocycles. The summed E-state index contributed by atoms with van der Waals surface area (Å²) in [5.74, 6) is -0.0937. The van der Waals surface area contributed by atoms with Crippen molar-refractivity contribution in [3.8, 4) is 0 Å². The van der Waals surface area contributed by atoms with Crippen LogP contribution in [0.3, 0.4) is 0 Å². The lowest BCUT2D eigenvalue weighted by molar-refractivity contribution is -0.193. The second kappa shape index (κ2) is 6.81. The van der Waals surface area contributed by atoms with Crippen LogP contribution in [0.15, 0.2) is 24.3 Å². The number of hydrogen-bond donors (Lipinski definition) is 0. The molecular weight excluding hydrogens is 307 g/mol. The van der Waals surface area contributed by atoms with Gasteiger partial charge in [0.05, 0.1) is 12.1 Å². The number of carbonyl (C=O) groups excluding carboxylic acids is 1. The first kappa shape index (κ1) is 17.4. The first-order chi connectivity index (χ1) is 11.4. The molecule has 132 valence electrons. The molecule has 0 saturated carbocycles. The third-order valence-corrected chi connectivity index (χ3v) is 5.23. The van der Waals surface area contributed by atoms with Crippen LogP contribution in [0, 0.1) is 5.82 Å². The van der Waals surface area contributed by atoms with Gasteiger partial charge in [0, 0.05) is 25.7 Å². The Kier molecular flexibility index (Phi) is 4.92. The number of piperidine rings is 1. The molecule has 2 saturated heterocycles. The average Bonchev–Trinajstić information content (AvgIpc) is 2.55. The van der Waals surface area contributed by atoms with E-state index in [2.05, 4.69) is 18.7 Å². The molecule has 0 aromatic heterocycles. The Morgan fingerprint density at radius 2 is 1.88 bits per heavy atom. The normalized spacial score (nSPS) is 24.8. The molecule has 2 aliphatic rings. The van der Waals surface area contributed by atoms with Gasteiger partial charge in [-0.1, -0.05) is 12.1 Å². The Bertz CT molecular complexity index is 580. The van der Waals surface area contributed by atoms with Crippen LogP contribution in [0.1, 0.15) is 39.2 Å². The van der Waals surface area contributed by atoms with Gasteiger partial charge < -0.3 is 9.64 Å². The number of morpholine rings is 1. The van der Waals surface area contributed by atoms with Gasteiger partial charge in [0.25, 0.3) is 5.91 Å². The Hall–Kier alpha value is -1.46. The molecule has 2 fully saturated rings. The Labute approximate surface area is 143 Å². The molecule has 0 radical (unpaired) electrons. The van der Waals surface area contributed by atoms with Crippen molar-refractivity contribution in [2.45, 2.75) is 57.9 Å². The van der Waals surface area contributed by atoms with Gasteiger partial charge in [0.15, 0.2) is 0 Å². The summed E-state index contributed by atoms with van der Waals surface area (Å²) in [6.07, 6.45) is 1.49. The molecule has 1 amide bonds. The number of halogens is 1. The Morgan fingerprint density at radius 3 is 2.46 bits per heavy atom. The highest BCUT2D eigenvalue weighted by molar-refractivity contribution is 5.81. The van der Waals surface area contributed by atoms with Gasteiger partial charge in [-0.05, 0) is 51.3 Å². The van der Waals surface area contributed by atoms with Crippen LogP contribution in [-0.4, -0.2) is 53.1 Å². The number of rotatable bonds is 3. The van der Waals surface area contributed by atoms with Crippen LogP contribution < -0.4 is 0 Å². The summed E-state index contributed by atoms with van der Waals surface area (Å²) in [5.41, 5.74) is 0.918. The highest BCUT2D eigenvalue weighted by atomic mass is 19.1. The first-order valence-electron chi connectivity index (χ1n) is 8.84. The molecule has 3 rings (SSSR count). The summed E-state index contributed by atoms with van der Waals surface area (Å²) in [5, 5.41) is 0. The van der Waals surface area contributed by atoms with Crippen molar-refractivity contribution in [3.05, 3.63) is 35.6 Å². The molecule has 1 atom stereocenters. The van der Waals surface area contributed by atoms with E-state index in [9.17, 15) is 9.18 Å². The van der Waals surface area contributed by atoms with Gasteiger partial charge in [0.1, 0.15) is 11.9 Å². The van der Waals surface area contributed by atoms with Crippen LogP contribution in [0.25, 0.3) is 0 Å².